The van der Waals surface area contributed by atoms with E-state index in [-0.39, 0.29) is 17.2 Å². The number of unbranched alkanes of at least 4 members (excludes halogenated alkanes) is 1. The smallest absolute Gasteiger partial charge is 0.352 e. The van der Waals surface area contributed by atoms with Crippen LogP contribution in [0, 0.1) is 0 Å². The van der Waals surface area contributed by atoms with Crippen LogP contribution in [0.5, 0.6) is 0 Å². The molecular formula is C19H19F3N2O2. The van der Waals surface area contributed by atoms with Crippen molar-refractivity contribution in [3.05, 3.63) is 65.2 Å². The second-order valence-corrected chi connectivity index (χ2v) is 5.68. The van der Waals surface area contributed by atoms with Gasteiger partial charge in [0.15, 0.2) is 0 Å². The van der Waals surface area contributed by atoms with E-state index in [0.29, 0.717) is 12.1 Å². The summed E-state index contributed by atoms with van der Waals surface area (Å²) in [5.74, 6) is -0.938. The minimum absolute atomic E-state index is 0.159. The lowest BCUT2D eigenvalue weighted by Gasteiger charge is -2.13. The van der Waals surface area contributed by atoms with Gasteiger partial charge in [-0.2, -0.15) is 13.2 Å². The third-order valence-electron chi connectivity index (χ3n) is 3.71. The fraction of sp³-hybridized carbons (Fsp3) is 0.263. The molecule has 0 fully saturated rings. The molecule has 0 aromatic heterocycles. The molecule has 0 unspecified atom stereocenters. The van der Waals surface area contributed by atoms with Crippen LogP contribution in [0.15, 0.2) is 48.5 Å². The molecule has 0 aliphatic carbocycles. The molecule has 2 aromatic carbocycles. The van der Waals surface area contributed by atoms with Crippen molar-refractivity contribution in [3.63, 3.8) is 0 Å². The number of para-hydroxylation sites is 1. The molecule has 4 nitrogen and oxygen atoms in total. The summed E-state index contributed by atoms with van der Waals surface area (Å²) in [5, 5.41) is 5.01. The molecule has 0 saturated carbocycles. The summed E-state index contributed by atoms with van der Waals surface area (Å²) in [5.41, 5.74) is -0.688. The van der Waals surface area contributed by atoms with E-state index in [2.05, 4.69) is 10.6 Å². The minimum Gasteiger partial charge on any atom is -0.352 e. The van der Waals surface area contributed by atoms with E-state index in [0.717, 1.165) is 18.9 Å². The van der Waals surface area contributed by atoms with Gasteiger partial charge < -0.3 is 10.6 Å². The van der Waals surface area contributed by atoms with Crippen molar-refractivity contribution < 1.29 is 22.8 Å². The lowest BCUT2D eigenvalue weighted by Crippen LogP contribution is -2.24. The molecule has 0 heterocycles. The van der Waals surface area contributed by atoms with Crippen molar-refractivity contribution in [1.29, 1.82) is 0 Å². The van der Waals surface area contributed by atoms with E-state index < -0.39 is 17.6 Å². The maximum atomic E-state index is 13.0. The van der Waals surface area contributed by atoms with Crippen molar-refractivity contribution >= 4 is 17.5 Å². The molecule has 0 aliphatic heterocycles. The average molecular weight is 364 g/mol. The van der Waals surface area contributed by atoms with Gasteiger partial charge in [-0.1, -0.05) is 25.5 Å². The maximum absolute atomic E-state index is 13.0. The van der Waals surface area contributed by atoms with E-state index in [4.69, 9.17) is 0 Å². The van der Waals surface area contributed by atoms with Gasteiger partial charge in [0.1, 0.15) is 0 Å². The first-order chi connectivity index (χ1) is 12.3. The molecule has 26 heavy (non-hydrogen) atoms. The molecule has 0 bridgehead atoms. The van der Waals surface area contributed by atoms with Crippen molar-refractivity contribution in [2.75, 3.05) is 11.9 Å². The fourth-order valence-electron chi connectivity index (χ4n) is 2.29. The lowest BCUT2D eigenvalue weighted by molar-refractivity contribution is -0.136. The number of carbonyl (C=O) groups is 2. The quantitative estimate of drug-likeness (QED) is 0.742. The van der Waals surface area contributed by atoms with Gasteiger partial charge >= 0.3 is 6.18 Å². The highest BCUT2D eigenvalue weighted by atomic mass is 19.4. The number of carbonyl (C=O) groups excluding carboxylic acids is 2. The Morgan fingerprint density at radius 3 is 2.08 bits per heavy atom. The largest absolute Gasteiger partial charge is 0.418 e. The highest BCUT2D eigenvalue weighted by Gasteiger charge is 2.33. The Kier molecular flexibility index (Phi) is 6.38. The van der Waals surface area contributed by atoms with Gasteiger partial charge in [-0.05, 0) is 42.8 Å². The molecule has 0 aliphatic rings. The van der Waals surface area contributed by atoms with E-state index in [9.17, 15) is 22.8 Å². The van der Waals surface area contributed by atoms with Gasteiger partial charge in [0, 0.05) is 17.7 Å². The van der Waals surface area contributed by atoms with Crippen LogP contribution in [0.25, 0.3) is 0 Å². The van der Waals surface area contributed by atoms with Gasteiger partial charge in [0.2, 0.25) is 0 Å². The van der Waals surface area contributed by atoms with Crippen molar-refractivity contribution in [2.24, 2.45) is 0 Å². The van der Waals surface area contributed by atoms with Gasteiger partial charge in [-0.25, -0.2) is 0 Å². The highest BCUT2D eigenvalue weighted by Crippen LogP contribution is 2.34. The van der Waals surface area contributed by atoms with Crippen LogP contribution >= 0.6 is 0 Å². The van der Waals surface area contributed by atoms with Crippen molar-refractivity contribution in [2.45, 2.75) is 25.9 Å². The third-order valence-corrected chi connectivity index (χ3v) is 3.71. The summed E-state index contributed by atoms with van der Waals surface area (Å²) >= 11 is 0. The Hall–Kier alpha value is -2.83. The number of hydrogen-bond acceptors (Lipinski definition) is 2. The van der Waals surface area contributed by atoms with E-state index in [1.54, 1.807) is 0 Å². The van der Waals surface area contributed by atoms with Gasteiger partial charge in [-0.3, -0.25) is 9.59 Å². The van der Waals surface area contributed by atoms with Crippen LogP contribution in [0.3, 0.4) is 0 Å². The zero-order chi connectivity index (χ0) is 19.2. The van der Waals surface area contributed by atoms with Crippen LogP contribution < -0.4 is 10.6 Å². The van der Waals surface area contributed by atoms with Crippen LogP contribution in [-0.4, -0.2) is 18.4 Å². The molecule has 2 N–H and O–H groups in total. The number of amides is 2. The van der Waals surface area contributed by atoms with Gasteiger partial charge in [0.25, 0.3) is 11.8 Å². The summed E-state index contributed by atoms with van der Waals surface area (Å²) in [6, 6.07) is 10.5. The molecular weight excluding hydrogens is 345 g/mol. The maximum Gasteiger partial charge on any atom is 0.418 e. The standard InChI is InChI=1S/C19H19F3N2O2/c1-2-3-12-23-17(25)13-8-10-14(11-9-13)18(26)24-16-7-5-4-6-15(16)19(20,21)22/h4-11H,2-3,12H2,1H3,(H,23,25)(H,24,26). The summed E-state index contributed by atoms with van der Waals surface area (Å²) in [6.45, 7) is 2.57. The SMILES string of the molecule is CCCCNC(=O)c1ccc(C(=O)Nc2ccccc2C(F)(F)F)cc1. The zero-order valence-electron chi connectivity index (χ0n) is 14.2. The van der Waals surface area contributed by atoms with Crippen LogP contribution in [0.2, 0.25) is 0 Å². The van der Waals surface area contributed by atoms with Crippen molar-refractivity contribution in [1.82, 2.24) is 5.32 Å². The molecule has 0 saturated heterocycles. The normalized spacial score (nSPS) is 11.1. The number of rotatable bonds is 6. The summed E-state index contributed by atoms with van der Waals surface area (Å²) in [4.78, 5) is 24.1. The second-order valence-electron chi connectivity index (χ2n) is 5.68. The molecule has 2 amide bonds. The third kappa shape index (κ3) is 5.08. The Morgan fingerprint density at radius 1 is 0.923 bits per heavy atom. The number of benzene rings is 2. The number of alkyl halides is 3. The summed E-state index contributed by atoms with van der Waals surface area (Å²) < 4.78 is 38.9. The van der Waals surface area contributed by atoms with E-state index in [1.165, 1.54) is 42.5 Å². The average Bonchev–Trinajstić information content (AvgIpc) is 2.61. The second kappa shape index (κ2) is 8.51. The minimum atomic E-state index is -4.57. The van der Waals surface area contributed by atoms with Crippen LogP contribution in [0.4, 0.5) is 18.9 Å². The molecule has 2 rings (SSSR count). The number of anilines is 1. The van der Waals surface area contributed by atoms with Crippen LogP contribution in [-0.2, 0) is 6.18 Å². The molecule has 2 aromatic rings. The number of halogens is 3. The predicted octanol–water partition coefficient (Wildman–Crippen LogP) is 4.49. The molecule has 7 heteroatoms. The first-order valence-electron chi connectivity index (χ1n) is 8.18. The van der Waals surface area contributed by atoms with Crippen molar-refractivity contribution in [3.8, 4) is 0 Å². The van der Waals surface area contributed by atoms with Gasteiger partial charge in [-0.15, -0.1) is 0 Å². The first kappa shape index (κ1) is 19.5. The summed E-state index contributed by atoms with van der Waals surface area (Å²) in [7, 11) is 0. The predicted molar refractivity (Wildman–Crippen MR) is 93.1 cm³/mol. The topological polar surface area (TPSA) is 58.2 Å². The first-order valence-corrected chi connectivity index (χ1v) is 8.18. The molecule has 0 atom stereocenters. The highest BCUT2D eigenvalue weighted by molar-refractivity contribution is 6.05. The molecule has 0 radical (unpaired) electrons. The zero-order valence-corrected chi connectivity index (χ0v) is 14.2. The molecule has 0 spiro atoms. The van der Waals surface area contributed by atoms with E-state index in [1.807, 2.05) is 6.92 Å². The fourth-order valence-corrected chi connectivity index (χ4v) is 2.29. The Balaban J connectivity index is 2.08. The summed E-state index contributed by atoms with van der Waals surface area (Å²) in [6.07, 6.45) is -2.74. The Bertz CT molecular complexity index is 771. The Labute approximate surface area is 149 Å². The lowest BCUT2D eigenvalue weighted by atomic mass is 10.1. The monoisotopic (exact) mass is 364 g/mol. The Morgan fingerprint density at radius 2 is 1.50 bits per heavy atom. The van der Waals surface area contributed by atoms with Gasteiger partial charge in [0.05, 0.1) is 11.3 Å². The number of nitrogens with one attached hydrogen (secondary N) is 2. The van der Waals surface area contributed by atoms with Crippen LogP contribution in [0.1, 0.15) is 46.0 Å². The molecule has 138 valence electrons. The number of hydrogen-bond donors (Lipinski definition) is 2. The van der Waals surface area contributed by atoms with E-state index >= 15 is 0 Å².